The number of halogens is 2. The first kappa shape index (κ1) is 20.1. The molecular weight excluding hydrogens is 405 g/mol. The molecule has 144 valence electrons. The lowest BCUT2D eigenvalue weighted by molar-refractivity contribution is -0.139. The fourth-order valence-electron chi connectivity index (χ4n) is 3.14. The molecule has 1 aliphatic heterocycles. The van der Waals surface area contributed by atoms with Gasteiger partial charge in [0.1, 0.15) is 6.04 Å². The quantitative estimate of drug-likeness (QED) is 0.759. The van der Waals surface area contributed by atoms with Crippen molar-refractivity contribution in [3.63, 3.8) is 0 Å². The van der Waals surface area contributed by atoms with E-state index in [1.165, 1.54) is 11.3 Å². The van der Waals surface area contributed by atoms with E-state index in [0.29, 0.717) is 34.6 Å². The van der Waals surface area contributed by atoms with Crippen LogP contribution >= 0.6 is 34.5 Å². The number of likely N-dealkylation sites (tertiary alicyclic amines) is 1. The SMILES string of the molecule is CC(C)C(=O)N1CCCC1C(=O)Nc1ncc(Cc2cccc(Cl)c2Cl)s1. The highest BCUT2D eigenvalue weighted by Crippen LogP contribution is 2.30. The number of nitrogens with one attached hydrogen (secondary N) is 1. The molecule has 0 spiro atoms. The van der Waals surface area contributed by atoms with Crippen molar-refractivity contribution in [2.24, 2.45) is 5.92 Å². The molecule has 2 heterocycles. The molecule has 0 radical (unpaired) electrons. The molecule has 3 rings (SSSR count). The highest BCUT2D eigenvalue weighted by Gasteiger charge is 2.35. The number of thiazole rings is 1. The summed E-state index contributed by atoms with van der Waals surface area (Å²) in [7, 11) is 0. The molecule has 27 heavy (non-hydrogen) atoms. The van der Waals surface area contributed by atoms with Crippen molar-refractivity contribution in [3.8, 4) is 0 Å². The van der Waals surface area contributed by atoms with Crippen LogP contribution in [0.4, 0.5) is 5.13 Å². The van der Waals surface area contributed by atoms with Crippen LogP contribution in [0.1, 0.15) is 37.1 Å². The number of nitrogens with zero attached hydrogens (tertiary/aromatic N) is 2. The third kappa shape index (κ3) is 4.62. The van der Waals surface area contributed by atoms with Gasteiger partial charge in [0.2, 0.25) is 11.8 Å². The lowest BCUT2D eigenvalue weighted by Crippen LogP contribution is -2.44. The zero-order chi connectivity index (χ0) is 19.6. The Kier molecular flexibility index (Phi) is 6.40. The normalized spacial score (nSPS) is 16.8. The van der Waals surface area contributed by atoms with Crippen molar-refractivity contribution >= 4 is 51.5 Å². The lowest BCUT2D eigenvalue weighted by Gasteiger charge is -2.25. The zero-order valence-corrected chi connectivity index (χ0v) is 17.5. The van der Waals surface area contributed by atoms with Gasteiger partial charge in [0.25, 0.3) is 0 Å². The van der Waals surface area contributed by atoms with Crippen molar-refractivity contribution in [3.05, 3.63) is 44.9 Å². The van der Waals surface area contributed by atoms with Crippen molar-refractivity contribution in [2.45, 2.75) is 39.2 Å². The van der Waals surface area contributed by atoms with Crippen LogP contribution in [-0.4, -0.2) is 34.3 Å². The van der Waals surface area contributed by atoms with Gasteiger partial charge in [-0.05, 0) is 24.5 Å². The van der Waals surface area contributed by atoms with Crippen LogP contribution in [0, 0.1) is 5.92 Å². The Hall–Kier alpha value is -1.63. The summed E-state index contributed by atoms with van der Waals surface area (Å²) in [6, 6.07) is 5.10. The minimum atomic E-state index is -0.422. The Labute approximate surface area is 172 Å². The van der Waals surface area contributed by atoms with Gasteiger partial charge in [-0.15, -0.1) is 11.3 Å². The van der Waals surface area contributed by atoms with Gasteiger partial charge in [-0.3, -0.25) is 9.59 Å². The summed E-state index contributed by atoms with van der Waals surface area (Å²) in [6.45, 7) is 4.33. The minimum Gasteiger partial charge on any atom is -0.330 e. The predicted octanol–water partition coefficient (Wildman–Crippen LogP) is 4.63. The number of carbonyl (C=O) groups excluding carboxylic acids is 2. The monoisotopic (exact) mass is 425 g/mol. The highest BCUT2D eigenvalue weighted by atomic mass is 35.5. The number of aromatic nitrogens is 1. The van der Waals surface area contributed by atoms with E-state index in [9.17, 15) is 9.59 Å². The number of hydrogen-bond acceptors (Lipinski definition) is 4. The number of amides is 2. The summed E-state index contributed by atoms with van der Waals surface area (Å²) in [4.78, 5) is 31.9. The summed E-state index contributed by atoms with van der Waals surface area (Å²) in [5.74, 6) is -0.279. The van der Waals surface area contributed by atoms with Gasteiger partial charge in [-0.1, -0.05) is 49.2 Å². The molecule has 1 N–H and O–H groups in total. The molecule has 1 fully saturated rings. The second kappa shape index (κ2) is 8.59. The van der Waals surface area contributed by atoms with Gasteiger partial charge in [0.15, 0.2) is 5.13 Å². The third-order valence-electron chi connectivity index (χ3n) is 4.51. The van der Waals surface area contributed by atoms with Gasteiger partial charge in [0, 0.05) is 30.0 Å². The second-order valence-electron chi connectivity index (χ2n) is 6.86. The van der Waals surface area contributed by atoms with Crippen LogP contribution in [0.3, 0.4) is 0 Å². The number of anilines is 1. The molecule has 8 heteroatoms. The van der Waals surface area contributed by atoms with E-state index in [0.717, 1.165) is 16.9 Å². The number of carbonyl (C=O) groups is 2. The second-order valence-corrected chi connectivity index (χ2v) is 8.76. The Morgan fingerprint density at radius 3 is 2.89 bits per heavy atom. The van der Waals surface area contributed by atoms with E-state index in [4.69, 9.17) is 23.2 Å². The first-order valence-electron chi connectivity index (χ1n) is 8.85. The maximum Gasteiger partial charge on any atom is 0.248 e. The third-order valence-corrected chi connectivity index (χ3v) is 6.28. The Morgan fingerprint density at radius 1 is 1.37 bits per heavy atom. The molecule has 1 atom stereocenters. The molecule has 2 aromatic rings. The van der Waals surface area contributed by atoms with E-state index in [1.807, 2.05) is 26.0 Å². The maximum absolute atomic E-state index is 12.6. The summed E-state index contributed by atoms with van der Waals surface area (Å²) in [5, 5.41) is 4.43. The molecule has 0 saturated carbocycles. The number of benzene rings is 1. The number of rotatable bonds is 5. The first-order chi connectivity index (χ1) is 12.9. The molecule has 1 aliphatic rings. The molecule has 1 aromatic heterocycles. The minimum absolute atomic E-state index is 0.0167. The molecular formula is C19H21Cl2N3O2S. The van der Waals surface area contributed by atoms with Crippen LogP contribution < -0.4 is 5.32 Å². The van der Waals surface area contributed by atoms with Crippen LogP contribution in [-0.2, 0) is 16.0 Å². The molecule has 5 nitrogen and oxygen atoms in total. The van der Waals surface area contributed by atoms with Crippen LogP contribution in [0.5, 0.6) is 0 Å². The predicted molar refractivity (Wildman–Crippen MR) is 110 cm³/mol. The van der Waals surface area contributed by atoms with Crippen LogP contribution in [0.15, 0.2) is 24.4 Å². The van der Waals surface area contributed by atoms with Crippen molar-refractivity contribution in [1.29, 1.82) is 0 Å². The fourth-order valence-corrected chi connectivity index (χ4v) is 4.37. The van der Waals surface area contributed by atoms with Crippen molar-refractivity contribution in [1.82, 2.24) is 9.88 Å². The fraction of sp³-hybridized carbons (Fsp3) is 0.421. The van der Waals surface area contributed by atoms with Gasteiger partial charge in [-0.2, -0.15) is 0 Å². The van der Waals surface area contributed by atoms with Gasteiger partial charge in [0.05, 0.1) is 10.0 Å². The smallest absolute Gasteiger partial charge is 0.248 e. The molecule has 1 aromatic carbocycles. The Morgan fingerprint density at radius 2 is 2.15 bits per heavy atom. The molecule has 2 amide bonds. The Bertz CT molecular complexity index is 853. The first-order valence-corrected chi connectivity index (χ1v) is 10.4. The summed E-state index contributed by atoms with van der Waals surface area (Å²) < 4.78 is 0. The maximum atomic E-state index is 12.6. The van der Waals surface area contributed by atoms with Crippen LogP contribution in [0.25, 0.3) is 0 Å². The highest BCUT2D eigenvalue weighted by molar-refractivity contribution is 7.15. The van der Waals surface area contributed by atoms with Gasteiger partial charge in [-0.25, -0.2) is 4.98 Å². The van der Waals surface area contributed by atoms with Crippen molar-refractivity contribution in [2.75, 3.05) is 11.9 Å². The van der Waals surface area contributed by atoms with Gasteiger partial charge < -0.3 is 10.2 Å². The average molecular weight is 426 g/mol. The largest absolute Gasteiger partial charge is 0.330 e. The van der Waals surface area contributed by atoms with Crippen LogP contribution in [0.2, 0.25) is 10.0 Å². The van der Waals surface area contributed by atoms with Gasteiger partial charge >= 0.3 is 0 Å². The van der Waals surface area contributed by atoms with E-state index in [1.54, 1.807) is 17.2 Å². The zero-order valence-electron chi connectivity index (χ0n) is 15.2. The lowest BCUT2D eigenvalue weighted by atomic mass is 10.1. The van der Waals surface area contributed by atoms with E-state index in [-0.39, 0.29) is 17.7 Å². The standard InChI is InChI=1S/C19H21Cl2N3O2S/c1-11(2)18(26)24-8-4-7-15(24)17(25)23-19-22-10-13(27-19)9-12-5-3-6-14(20)16(12)21/h3,5-6,10-11,15H,4,7-9H2,1-2H3,(H,22,23,25). The summed E-state index contributed by atoms with van der Waals surface area (Å²) >= 11 is 13.7. The summed E-state index contributed by atoms with van der Waals surface area (Å²) in [6.07, 6.45) is 3.84. The topological polar surface area (TPSA) is 62.3 Å². The average Bonchev–Trinajstić information content (AvgIpc) is 3.27. The molecule has 0 bridgehead atoms. The number of hydrogen-bond donors (Lipinski definition) is 1. The Balaban J connectivity index is 1.66. The molecule has 1 saturated heterocycles. The van der Waals surface area contributed by atoms with E-state index < -0.39 is 6.04 Å². The van der Waals surface area contributed by atoms with Crippen molar-refractivity contribution < 1.29 is 9.59 Å². The van der Waals surface area contributed by atoms with E-state index >= 15 is 0 Å². The molecule has 0 aliphatic carbocycles. The van der Waals surface area contributed by atoms with E-state index in [2.05, 4.69) is 10.3 Å². The summed E-state index contributed by atoms with van der Waals surface area (Å²) in [5.41, 5.74) is 0.912. The molecule has 1 unspecified atom stereocenters.